The largest absolute Gasteiger partial charge is 0.382 e. The fraction of sp³-hybridized carbons (Fsp3) is 0.250. The molecular formula is C4H6N4O3S. The van der Waals surface area contributed by atoms with Crippen LogP contribution in [0.15, 0.2) is 5.16 Å². The number of hydrogen-bond acceptors (Lipinski definition) is 6. The van der Waals surface area contributed by atoms with Crippen molar-refractivity contribution in [3.8, 4) is 0 Å². The second kappa shape index (κ2) is 2.64. The van der Waals surface area contributed by atoms with Gasteiger partial charge in [-0.2, -0.15) is 13.4 Å². The molecule has 0 saturated heterocycles. The van der Waals surface area contributed by atoms with Crippen LogP contribution in [-0.4, -0.2) is 28.2 Å². The van der Waals surface area contributed by atoms with Gasteiger partial charge in [-0.1, -0.05) is 0 Å². The van der Waals surface area contributed by atoms with Gasteiger partial charge in [-0.3, -0.25) is 4.55 Å². The lowest BCUT2D eigenvalue weighted by Gasteiger charge is -1.97. The molecule has 0 fully saturated rings. The minimum Gasteiger partial charge on any atom is -0.382 e. The van der Waals surface area contributed by atoms with Gasteiger partial charge >= 0.3 is 10.1 Å². The van der Waals surface area contributed by atoms with Crippen LogP contribution in [0.1, 0.15) is 5.69 Å². The van der Waals surface area contributed by atoms with Crippen molar-refractivity contribution in [2.75, 3.05) is 5.73 Å². The molecule has 0 aliphatic rings. The van der Waals surface area contributed by atoms with Crippen LogP contribution in [0, 0.1) is 6.92 Å². The van der Waals surface area contributed by atoms with Crippen LogP contribution in [0.25, 0.3) is 0 Å². The van der Waals surface area contributed by atoms with Gasteiger partial charge in [0.05, 0.1) is 0 Å². The van der Waals surface area contributed by atoms with Gasteiger partial charge < -0.3 is 5.73 Å². The van der Waals surface area contributed by atoms with E-state index in [-0.39, 0.29) is 5.82 Å². The summed E-state index contributed by atoms with van der Waals surface area (Å²) in [6, 6.07) is 0. The fourth-order valence-electron chi connectivity index (χ4n) is 0.485. The predicted molar refractivity (Wildman–Crippen MR) is 38.8 cm³/mol. The van der Waals surface area contributed by atoms with E-state index in [2.05, 4.69) is 15.2 Å². The molecule has 1 rings (SSSR count). The number of nitrogens with zero attached hydrogens (tertiary/aromatic N) is 3. The Morgan fingerprint density at radius 3 is 2.42 bits per heavy atom. The summed E-state index contributed by atoms with van der Waals surface area (Å²) in [5, 5.41) is 5.71. The Labute approximate surface area is 68.4 Å². The summed E-state index contributed by atoms with van der Waals surface area (Å²) in [5.41, 5.74) is 5.54. The van der Waals surface area contributed by atoms with Gasteiger partial charge in [0.15, 0.2) is 0 Å². The van der Waals surface area contributed by atoms with Crippen molar-refractivity contribution < 1.29 is 13.0 Å². The van der Waals surface area contributed by atoms with Crippen molar-refractivity contribution in [3.05, 3.63) is 5.69 Å². The first-order chi connectivity index (χ1) is 5.41. The molecule has 12 heavy (non-hydrogen) atoms. The summed E-state index contributed by atoms with van der Waals surface area (Å²) < 4.78 is 29.3. The van der Waals surface area contributed by atoms with Crippen LogP contribution < -0.4 is 5.73 Å². The molecule has 66 valence electrons. The highest BCUT2D eigenvalue weighted by Crippen LogP contribution is 2.04. The highest BCUT2D eigenvalue weighted by molar-refractivity contribution is 7.85. The van der Waals surface area contributed by atoms with Crippen molar-refractivity contribution in [3.63, 3.8) is 0 Å². The van der Waals surface area contributed by atoms with Crippen molar-refractivity contribution in [2.45, 2.75) is 12.1 Å². The second-order valence-electron chi connectivity index (χ2n) is 2.04. The van der Waals surface area contributed by atoms with Gasteiger partial charge in [0, 0.05) is 0 Å². The molecule has 8 heteroatoms. The number of anilines is 1. The van der Waals surface area contributed by atoms with Crippen molar-refractivity contribution in [1.82, 2.24) is 15.2 Å². The highest BCUT2D eigenvalue weighted by atomic mass is 32.2. The lowest BCUT2D eigenvalue weighted by Crippen LogP contribution is -2.09. The summed E-state index contributed by atoms with van der Waals surface area (Å²) in [7, 11) is -4.41. The number of nitrogen functional groups attached to an aromatic ring is 1. The maximum absolute atomic E-state index is 10.4. The molecule has 0 bridgehead atoms. The first-order valence-electron chi connectivity index (χ1n) is 2.85. The molecule has 1 heterocycles. The smallest absolute Gasteiger partial charge is 0.332 e. The van der Waals surface area contributed by atoms with Crippen LogP contribution in [0.4, 0.5) is 5.82 Å². The minimum absolute atomic E-state index is 0.0716. The molecule has 1 aromatic rings. The molecule has 0 saturated carbocycles. The summed E-state index contributed by atoms with van der Waals surface area (Å²) in [5.74, 6) is -0.0716. The van der Waals surface area contributed by atoms with Gasteiger partial charge in [-0.05, 0) is 6.92 Å². The normalized spacial score (nSPS) is 11.5. The lowest BCUT2D eigenvalue weighted by atomic mass is 10.5. The number of nitrogens with two attached hydrogens (primary N) is 1. The number of aromatic nitrogens is 3. The van der Waals surface area contributed by atoms with Crippen molar-refractivity contribution in [2.24, 2.45) is 0 Å². The Hall–Kier alpha value is -1.28. The Morgan fingerprint density at radius 1 is 1.42 bits per heavy atom. The van der Waals surface area contributed by atoms with E-state index in [0.717, 1.165) is 0 Å². The van der Waals surface area contributed by atoms with E-state index >= 15 is 0 Å². The number of aryl methyl sites for hydroxylation is 1. The lowest BCUT2D eigenvalue weighted by molar-refractivity contribution is 0.471. The monoisotopic (exact) mass is 190 g/mol. The zero-order valence-electron chi connectivity index (χ0n) is 6.09. The molecule has 0 aliphatic heterocycles. The SMILES string of the molecule is Cc1nnc(S(=O)(=O)O)nc1N. The zero-order chi connectivity index (χ0) is 9.35. The van der Waals surface area contributed by atoms with Crippen molar-refractivity contribution >= 4 is 15.9 Å². The Bertz CT molecular complexity index is 401. The van der Waals surface area contributed by atoms with Crippen LogP contribution in [0.2, 0.25) is 0 Å². The predicted octanol–water partition coefficient (Wildman–Crippen LogP) is -0.991. The van der Waals surface area contributed by atoms with Gasteiger partial charge in [0.2, 0.25) is 0 Å². The topological polar surface area (TPSA) is 119 Å². The molecule has 0 spiro atoms. The molecule has 0 aliphatic carbocycles. The molecule has 0 amide bonds. The zero-order valence-corrected chi connectivity index (χ0v) is 6.91. The molecule has 7 nitrogen and oxygen atoms in total. The molecule has 0 radical (unpaired) electrons. The first kappa shape index (κ1) is 8.81. The van der Waals surface area contributed by atoms with E-state index < -0.39 is 15.3 Å². The van der Waals surface area contributed by atoms with Crippen LogP contribution >= 0.6 is 0 Å². The van der Waals surface area contributed by atoms with Crippen LogP contribution in [0.5, 0.6) is 0 Å². The Morgan fingerprint density at radius 2 is 2.00 bits per heavy atom. The third-order valence-corrected chi connectivity index (χ3v) is 1.74. The van der Waals surface area contributed by atoms with Crippen LogP contribution in [0.3, 0.4) is 0 Å². The van der Waals surface area contributed by atoms with Gasteiger partial charge in [0.25, 0.3) is 5.16 Å². The molecule has 0 aromatic carbocycles. The minimum atomic E-state index is -4.41. The maximum Gasteiger partial charge on any atom is 0.332 e. The summed E-state index contributed by atoms with van der Waals surface area (Å²) in [4.78, 5) is 3.31. The highest BCUT2D eigenvalue weighted by Gasteiger charge is 2.15. The third-order valence-electron chi connectivity index (χ3n) is 1.10. The third kappa shape index (κ3) is 1.66. The van der Waals surface area contributed by atoms with E-state index in [0.29, 0.717) is 5.69 Å². The molecular weight excluding hydrogens is 184 g/mol. The second-order valence-corrected chi connectivity index (χ2v) is 3.36. The fourth-order valence-corrected chi connectivity index (χ4v) is 0.842. The molecule has 0 unspecified atom stereocenters. The van der Waals surface area contributed by atoms with Gasteiger partial charge in [-0.15, -0.1) is 10.2 Å². The average molecular weight is 190 g/mol. The van der Waals surface area contributed by atoms with Gasteiger partial charge in [0.1, 0.15) is 11.5 Å². The number of hydrogen-bond donors (Lipinski definition) is 2. The molecule has 3 N–H and O–H groups in total. The maximum atomic E-state index is 10.4. The summed E-state index contributed by atoms with van der Waals surface area (Å²) >= 11 is 0. The van der Waals surface area contributed by atoms with E-state index in [4.69, 9.17) is 10.3 Å². The van der Waals surface area contributed by atoms with E-state index in [1.54, 1.807) is 0 Å². The first-order valence-corrected chi connectivity index (χ1v) is 4.29. The number of rotatable bonds is 1. The van der Waals surface area contributed by atoms with E-state index in [1.807, 2.05) is 0 Å². The quantitative estimate of drug-likeness (QED) is 0.545. The van der Waals surface area contributed by atoms with E-state index in [9.17, 15) is 8.42 Å². The standard InChI is InChI=1S/C4H6N4O3S/c1-2-3(5)6-4(8-7-2)12(9,10)11/h1H3,(H2,5,6,8)(H,9,10,11). The summed E-state index contributed by atoms with van der Waals surface area (Å²) in [6.45, 7) is 1.52. The van der Waals surface area contributed by atoms with E-state index in [1.165, 1.54) is 6.92 Å². The van der Waals surface area contributed by atoms with Crippen molar-refractivity contribution in [1.29, 1.82) is 0 Å². The van der Waals surface area contributed by atoms with Crippen LogP contribution in [-0.2, 0) is 10.1 Å². The average Bonchev–Trinajstić information content (AvgIpc) is 1.92. The van der Waals surface area contributed by atoms with Gasteiger partial charge in [-0.25, -0.2) is 0 Å². The molecule has 1 aromatic heterocycles. The summed E-state index contributed by atoms with van der Waals surface area (Å²) in [6.07, 6.45) is 0. The molecule has 0 atom stereocenters. The Kier molecular flexibility index (Phi) is 1.94. The Balaban J connectivity index is 3.33.